The number of halogens is 1. The van der Waals surface area contributed by atoms with Gasteiger partial charge in [0.2, 0.25) is 10.0 Å². The number of nitrogens with zero attached hydrogens (tertiary/aromatic N) is 1. The van der Waals surface area contributed by atoms with Gasteiger partial charge in [-0.15, -0.1) is 0 Å². The third-order valence-electron chi connectivity index (χ3n) is 3.41. The van der Waals surface area contributed by atoms with E-state index < -0.39 is 10.0 Å². The molecular formula is C13H15ClN2O2S2. The van der Waals surface area contributed by atoms with E-state index in [9.17, 15) is 8.42 Å². The molecule has 2 atom stereocenters. The van der Waals surface area contributed by atoms with Crippen molar-refractivity contribution in [3.63, 3.8) is 0 Å². The number of benzene rings is 1. The lowest BCUT2D eigenvalue weighted by atomic mass is 10.2. The highest BCUT2D eigenvalue weighted by Gasteiger charge is 2.31. The molecule has 0 aliphatic heterocycles. The monoisotopic (exact) mass is 330 g/mol. The van der Waals surface area contributed by atoms with Crippen LogP contribution in [0, 0.1) is 11.3 Å². The van der Waals surface area contributed by atoms with Gasteiger partial charge in [0.15, 0.2) is 0 Å². The summed E-state index contributed by atoms with van der Waals surface area (Å²) in [4.78, 5) is 0.0323. The first-order valence-electron chi connectivity index (χ1n) is 6.22. The topological polar surface area (TPSA) is 70.0 Å². The molecule has 4 nitrogen and oxygen atoms in total. The number of rotatable bonds is 4. The minimum atomic E-state index is -3.65. The Labute approximate surface area is 128 Å². The third kappa shape index (κ3) is 3.29. The van der Waals surface area contributed by atoms with Gasteiger partial charge in [-0.1, -0.05) is 18.0 Å². The van der Waals surface area contributed by atoms with E-state index in [4.69, 9.17) is 16.9 Å². The van der Waals surface area contributed by atoms with E-state index in [1.165, 1.54) is 18.2 Å². The molecular weight excluding hydrogens is 316 g/mol. The molecule has 7 heteroatoms. The van der Waals surface area contributed by atoms with Gasteiger partial charge in [-0.05, 0) is 37.3 Å². The maximum atomic E-state index is 12.4. The Bertz CT molecular complexity index is 640. The first-order valence-corrected chi connectivity index (χ1v) is 9.37. The van der Waals surface area contributed by atoms with Crippen LogP contribution in [0.25, 0.3) is 0 Å². The van der Waals surface area contributed by atoms with Gasteiger partial charge < -0.3 is 0 Å². The molecule has 1 aromatic rings. The fraction of sp³-hybridized carbons (Fsp3) is 0.462. The molecule has 0 heterocycles. The van der Waals surface area contributed by atoms with Crippen LogP contribution in [0.15, 0.2) is 23.1 Å². The molecule has 0 aromatic heterocycles. The van der Waals surface area contributed by atoms with Crippen LogP contribution >= 0.6 is 23.4 Å². The summed E-state index contributed by atoms with van der Waals surface area (Å²) in [7, 11) is -3.65. The maximum absolute atomic E-state index is 12.4. The summed E-state index contributed by atoms with van der Waals surface area (Å²) in [6, 6.07) is 6.09. The SMILES string of the molecule is CSC1CCCC1NS(=O)(=O)c1ccc(C#N)cc1Cl. The Morgan fingerprint density at radius 3 is 2.80 bits per heavy atom. The van der Waals surface area contributed by atoms with Gasteiger partial charge in [-0.25, -0.2) is 13.1 Å². The molecule has 0 saturated heterocycles. The Morgan fingerprint density at radius 1 is 1.45 bits per heavy atom. The molecule has 108 valence electrons. The molecule has 1 aliphatic carbocycles. The fourth-order valence-corrected chi connectivity index (χ4v) is 5.27. The second-order valence-electron chi connectivity index (χ2n) is 4.69. The van der Waals surface area contributed by atoms with Crippen molar-refractivity contribution in [3.05, 3.63) is 28.8 Å². The Hall–Kier alpha value is -0.740. The van der Waals surface area contributed by atoms with E-state index in [1.54, 1.807) is 11.8 Å². The Morgan fingerprint density at radius 2 is 2.20 bits per heavy atom. The van der Waals surface area contributed by atoms with Crippen LogP contribution in [0.5, 0.6) is 0 Å². The van der Waals surface area contributed by atoms with Crippen molar-refractivity contribution >= 4 is 33.4 Å². The van der Waals surface area contributed by atoms with Crippen molar-refractivity contribution in [2.24, 2.45) is 0 Å². The van der Waals surface area contributed by atoms with Crippen molar-refractivity contribution < 1.29 is 8.42 Å². The summed E-state index contributed by atoms with van der Waals surface area (Å²) in [5, 5.41) is 9.16. The quantitative estimate of drug-likeness (QED) is 0.921. The van der Waals surface area contributed by atoms with Gasteiger partial charge >= 0.3 is 0 Å². The lowest BCUT2D eigenvalue weighted by molar-refractivity contribution is 0.555. The molecule has 1 N–H and O–H groups in total. The molecule has 2 unspecified atom stereocenters. The predicted molar refractivity (Wildman–Crippen MR) is 81.4 cm³/mol. The molecule has 1 aromatic carbocycles. The maximum Gasteiger partial charge on any atom is 0.242 e. The zero-order chi connectivity index (χ0) is 14.8. The van der Waals surface area contributed by atoms with Gasteiger partial charge in [0, 0.05) is 11.3 Å². The Balaban J connectivity index is 2.25. The average Bonchev–Trinajstić information content (AvgIpc) is 2.84. The summed E-state index contributed by atoms with van der Waals surface area (Å²) >= 11 is 7.66. The van der Waals surface area contributed by atoms with E-state index in [2.05, 4.69) is 4.72 Å². The first-order chi connectivity index (χ1) is 9.47. The number of thioether (sulfide) groups is 1. The van der Waals surface area contributed by atoms with Crippen LogP contribution in [0.1, 0.15) is 24.8 Å². The minimum Gasteiger partial charge on any atom is -0.207 e. The number of nitrogens with one attached hydrogen (secondary N) is 1. The summed E-state index contributed by atoms with van der Waals surface area (Å²) in [6.45, 7) is 0. The highest BCUT2D eigenvalue weighted by atomic mass is 35.5. The molecule has 0 amide bonds. The summed E-state index contributed by atoms with van der Waals surface area (Å²) in [5.41, 5.74) is 0.344. The van der Waals surface area contributed by atoms with Crippen molar-refractivity contribution in [3.8, 4) is 6.07 Å². The van der Waals surface area contributed by atoms with Crippen molar-refractivity contribution in [2.45, 2.75) is 35.4 Å². The van der Waals surface area contributed by atoms with Gasteiger partial charge in [0.05, 0.1) is 16.7 Å². The van der Waals surface area contributed by atoms with E-state index in [1.807, 2.05) is 12.3 Å². The molecule has 0 radical (unpaired) electrons. The average molecular weight is 331 g/mol. The molecule has 1 saturated carbocycles. The van der Waals surface area contributed by atoms with Crippen molar-refractivity contribution in [2.75, 3.05) is 6.26 Å². The summed E-state index contributed by atoms with van der Waals surface area (Å²) in [5.74, 6) is 0. The van der Waals surface area contributed by atoms with Crippen molar-refractivity contribution in [1.29, 1.82) is 5.26 Å². The second-order valence-corrected chi connectivity index (χ2v) is 7.86. The molecule has 0 spiro atoms. The van der Waals surface area contributed by atoms with E-state index in [0.717, 1.165) is 19.3 Å². The Kier molecular flexibility index (Phi) is 4.97. The van der Waals surface area contributed by atoms with Gasteiger partial charge in [0.25, 0.3) is 0 Å². The zero-order valence-corrected chi connectivity index (χ0v) is 13.4. The number of hydrogen-bond donors (Lipinski definition) is 1. The minimum absolute atomic E-state index is 0.0323. The van der Waals surface area contributed by atoms with E-state index in [-0.39, 0.29) is 16.0 Å². The van der Waals surface area contributed by atoms with Crippen LogP contribution in [-0.4, -0.2) is 26.0 Å². The van der Waals surface area contributed by atoms with Gasteiger partial charge in [-0.3, -0.25) is 0 Å². The van der Waals surface area contributed by atoms with E-state index >= 15 is 0 Å². The molecule has 20 heavy (non-hydrogen) atoms. The van der Waals surface area contributed by atoms with Crippen LogP contribution in [0.2, 0.25) is 5.02 Å². The second kappa shape index (κ2) is 6.35. The predicted octanol–water partition coefficient (Wildman–Crippen LogP) is 2.77. The smallest absolute Gasteiger partial charge is 0.207 e. The normalized spacial score (nSPS) is 22.6. The lowest BCUT2D eigenvalue weighted by Crippen LogP contribution is -2.38. The molecule has 0 bridgehead atoms. The van der Waals surface area contributed by atoms with Crippen LogP contribution in [0.3, 0.4) is 0 Å². The van der Waals surface area contributed by atoms with E-state index in [0.29, 0.717) is 10.8 Å². The lowest BCUT2D eigenvalue weighted by Gasteiger charge is -2.19. The highest BCUT2D eigenvalue weighted by molar-refractivity contribution is 7.99. The molecule has 2 rings (SSSR count). The fourth-order valence-electron chi connectivity index (χ4n) is 2.39. The highest BCUT2D eigenvalue weighted by Crippen LogP contribution is 2.30. The standard InChI is InChI=1S/C13H15ClN2O2S2/c1-19-12-4-2-3-11(12)16-20(17,18)13-6-5-9(8-15)7-10(13)14/h5-7,11-12,16H,2-4H2,1H3. The van der Waals surface area contributed by atoms with Gasteiger partial charge in [-0.2, -0.15) is 17.0 Å². The third-order valence-corrected chi connectivity index (χ3v) is 6.55. The number of sulfonamides is 1. The first kappa shape index (κ1) is 15.6. The zero-order valence-electron chi connectivity index (χ0n) is 11.0. The van der Waals surface area contributed by atoms with Crippen LogP contribution < -0.4 is 4.72 Å². The summed E-state index contributed by atoms with van der Waals surface area (Å²) in [6.07, 6.45) is 4.89. The summed E-state index contributed by atoms with van der Waals surface area (Å²) < 4.78 is 27.5. The molecule has 1 fully saturated rings. The number of nitriles is 1. The van der Waals surface area contributed by atoms with Crippen LogP contribution in [0.4, 0.5) is 0 Å². The van der Waals surface area contributed by atoms with Gasteiger partial charge in [0.1, 0.15) is 4.90 Å². The largest absolute Gasteiger partial charge is 0.242 e. The van der Waals surface area contributed by atoms with Crippen LogP contribution in [-0.2, 0) is 10.0 Å². The number of hydrogen-bond acceptors (Lipinski definition) is 4. The molecule has 1 aliphatic rings. The van der Waals surface area contributed by atoms with Crippen molar-refractivity contribution in [1.82, 2.24) is 4.72 Å².